The van der Waals surface area contributed by atoms with Gasteiger partial charge < -0.3 is 0 Å². The molecule has 0 aliphatic rings. The molecule has 0 spiro atoms. The summed E-state index contributed by atoms with van der Waals surface area (Å²) in [5.41, 5.74) is 0. The van der Waals surface area contributed by atoms with Gasteiger partial charge in [-0.15, -0.1) is 22.7 Å². The summed E-state index contributed by atoms with van der Waals surface area (Å²) in [5.74, 6) is -0.284. The molecule has 0 saturated heterocycles. The molecule has 5 heteroatoms. The van der Waals surface area contributed by atoms with Crippen molar-refractivity contribution in [3.05, 3.63) is 55.3 Å². The molecule has 0 aliphatic heterocycles. The zero-order valence-electron chi connectivity index (χ0n) is 9.87. The van der Waals surface area contributed by atoms with Crippen LogP contribution in [-0.2, 0) is 0 Å². The molecule has 0 atom stereocenters. The maximum Gasteiger partial charge on any atom is 0.214 e. The van der Waals surface area contributed by atoms with E-state index in [2.05, 4.69) is 15.9 Å². The quantitative estimate of drug-likeness (QED) is 0.562. The van der Waals surface area contributed by atoms with Crippen LogP contribution in [0.25, 0.3) is 10.1 Å². The van der Waals surface area contributed by atoms with Crippen LogP contribution in [-0.4, -0.2) is 5.78 Å². The van der Waals surface area contributed by atoms with Gasteiger partial charge in [0.05, 0.1) is 9.75 Å². The summed E-state index contributed by atoms with van der Waals surface area (Å²) in [4.78, 5) is 14.9. The van der Waals surface area contributed by atoms with Crippen molar-refractivity contribution < 1.29 is 9.18 Å². The van der Waals surface area contributed by atoms with Crippen molar-refractivity contribution in [1.82, 2.24) is 0 Å². The second-order valence-electron chi connectivity index (χ2n) is 4.16. The van der Waals surface area contributed by atoms with Crippen LogP contribution in [0.1, 0.15) is 19.4 Å². The highest BCUT2D eigenvalue weighted by atomic mass is 79.9. The molecule has 0 amide bonds. The van der Waals surface area contributed by atoms with Gasteiger partial charge in [-0.2, -0.15) is 0 Å². The van der Waals surface area contributed by atoms with Gasteiger partial charge in [-0.1, -0.05) is 6.07 Å². The molecule has 0 N–H and O–H groups in total. The van der Waals surface area contributed by atoms with Crippen LogP contribution >= 0.6 is 38.6 Å². The fourth-order valence-corrected chi connectivity index (χ4v) is 4.74. The van der Waals surface area contributed by atoms with Gasteiger partial charge in [-0.25, -0.2) is 4.39 Å². The lowest BCUT2D eigenvalue weighted by Crippen LogP contribution is -1.95. The van der Waals surface area contributed by atoms with Gasteiger partial charge in [0.15, 0.2) is 0 Å². The number of carbonyl (C=O) groups is 1. The Kier molecular flexibility index (Phi) is 3.28. The molecule has 0 aliphatic carbocycles. The van der Waals surface area contributed by atoms with Crippen molar-refractivity contribution in [2.75, 3.05) is 0 Å². The molecule has 3 rings (SSSR count). The Morgan fingerprint density at radius 2 is 2.00 bits per heavy atom. The Hall–Kier alpha value is -1.04. The van der Waals surface area contributed by atoms with Crippen LogP contribution in [0.5, 0.6) is 0 Å². The third kappa shape index (κ3) is 2.38. The van der Waals surface area contributed by atoms with Crippen molar-refractivity contribution in [3.8, 4) is 0 Å². The molecule has 0 fully saturated rings. The van der Waals surface area contributed by atoms with Gasteiger partial charge in [0.25, 0.3) is 0 Å². The number of fused-ring (bicyclic) bond motifs is 1. The number of hydrogen-bond donors (Lipinski definition) is 0. The summed E-state index contributed by atoms with van der Waals surface area (Å²) in [5, 5.41) is 0.902. The molecule has 0 saturated carbocycles. The lowest BCUT2D eigenvalue weighted by molar-refractivity contribution is 0.104. The van der Waals surface area contributed by atoms with Crippen LogP contribution < -0.4 is 0 Å². The van der Waals surface area contributed by atoms with Crippen molar-refractivity contribution in [2.45, 2.75) is 6.92 Å². The van der Waals surface area contributed by atoms with Crippen molar-refractivity contribution in [3.63, 3.8) is 0 Å². The first kappa shape index (κ1) is 13.0. The number of thiophene rings is 2. The van der Waals surface area contributed by atoms with Crippen LogP contribution in [0.4, 0.5) is 4.39 Å². The van der Waals surface area contributed by atoms with Crippen LogP contribution in [0, 0.1) is 12.7 Å². The Balaban J connectivity index is 2.09. The minimum absolute atomic E-state index is 0.00779. The van der Waals surface area contributed by atoms with E-state index in [1.54, 1.807) is 6.07 Å². The van der Waals surface area contributed by atoms with E-state index in [0.717, 1.165) is 19.4 Å². The predicted octanol–water partition coefficient (Wildman–Crippen LogP) is 5.40. The summed E-state index contributed by atoms with van der Waals surface area (Å²) in [6, 6.07) is 8.33. The number of rotatable bonds is 2. The zero-order chi connectivity index (χ0) is 13.6. The third-order valence-electron chi connectivity index (χ3n) is 2.72. The van der Waals surface area contributed by atoms with E-state index in [9.17, 15) is 9.18 Å². The van der Waals surface area contributed by atoms with Gasteiger partial charge in [-0.05, 0) is 52.5 Å². The zero-order valence-corrected chi connectivity index (χ0v) is 13.1. The topological polar surface area (TPSA) is 17.1 Å². The van der Waals surface area contributed by atoms with Gasteiger partial charge >= 0.3 is 0 Å². The average Bonchev–Trinajstić information content (AvgIpc) is 2.91. The van der Waals surface area contributed by atoms with E-state index in [1.807, 2.05) is 19.1 Å². The SMILES string of the molecule is Cc1cc(Br)c(C(=O)c2cc3ccc(F)cc3s2)s1. The maximum absolute atomic E-state index is 13.2. The fraction of sp³-hybridized carbons (Fsp3) is 0.0714. The minimum Gasteiger partial charge on any atom is -0.287 e. The second-order valence-corrected chi connectivity index (χ2v) is 7.35. The normalized spacial score (nSPS) is 11.1. The molecule has 1 aromatic carbocycles. The summed E-state index contributed by atoms with van der Waals surface area (Å²) in [7, 11) is 0. The Bertz CT molecular complexity index is 788. The van der Waals surface area contributed by atoms with Crippen molar-refractivity contribution in [1.29, 1.82) is 0 Å². The molecule has 3 aromatic rings. The van der Waals surface area contributed by atoms with Gasteiger partial charge in [-0.3, -0.25) is 4.79 Å². The van der Waals surface area contributed by atoms with E-state index >= 15 is 0 Å². The van der Waals surface area contributed by atoms with Crippen molar-refractivity contribution >= 4 is 54.5 Å². The number of aryl methyl sites for hydroxylation is 1. The summed E-state index contributed by atoms with van der Waals surface area (Å²) in [6.45, 7) is 1.96. The smallest absolute Gasteiger partial charge is 0.214 e. The Labute approximate surface area is 125 Å². The van der Waals surface area contributed by atoms with E-state index in [0.29, 0.717) is 9.75 Å². The van der Waals surface area contributed by atoms with E-state index in [-0.39, 0.29) is 11.6 Å². The highest BCUT2D eigenvalue weighted by Gasteiger charge is 2.18. The van der Waals surface area contributed by atoms with E-state index in [1.165, 1.54) is 34.8 Å². The Morgan fingerprint density at radius 1 is 1.21 bits per heavy atom. The molecule has 0 bridgehead atoms. The van der Waals surface area contributed by atoms with E-state index < -0.39 is 0 Å². The van der Waals surface area contributed by atoms with E-state index in [4.69, 9.17) is 0 Å². The monoisotopic (exact) mass is 354 g/mol. The molecule has 2 heterocycles. The predicted molar refractivity (Wildman–Crippen MR) is 82.0 cm³/mol. The first-order chi connectivity index (χ1) is 9.04. The van der Waals surface area contributed by atoms with Crippen LogP contribution in [0.2, 0.25) is 0 Å². The largest absolute Gasteiger partial charge is 0.287 e. The van der Waals surface area contributed by atoms with Crippen LogP contribution in [0.15, 0.2) is 34.8 Å². The highest BCUT2D eigenvalue weighted by Crippen LogP contribution is 2.33. The van der Waals surface area contributed by atoms with Gasteiger partial charge in [0.2, 0.25) is 5.78 Å². The van der Waals surface area contributed by atoms with Crippen molar-refractivity contribution in [2.24, 2.45) is 0 Å². The van der Waals surface area contributed by atoms with Gasteiger partial charge in [0.1, 0.15) is 5.82 Å². The molecule has 1 nitrogen and oxygen atoms in total. The van der Waals surface area contributed by atoms with Gasteiger partial charge in [0, 0.05) is 14.0 Å². The second kappa shape index (κ2) is 4.81. The lowest BCUT2D eigenvalue weighted by atomic mass is 10.2. The molecule has 19 heavy (non-hydrogen) atoms. The lowest BCUT2D eigenvalue weighted by Gasteiger charge is -1.93. The molecular formula is C14H8BrFOS2. The number of carbonyl (C=O) groups excluding carboxylic acids is 1. The number of hydrogen-bond acceptors (Lipinski definition) is 3. The van der Waals surface area contributed by atoms with Crippen LogP contribution in [0.3, 0.4) is 0 Å². The standard InChI is InChI=1S/C14H8BrFOS2/c1-7-4-10(15)14(18-7)13(17)12-5-8-2-3-9(16)6-11(8)19-12/h2-6H,1H3. The first-order valence-electron chi connectivity index (χ1n) is 5.54. The summed E-state index contributed by atoms with van der Waals surface area (Å²) < 4.78 is 14.8. The Morgan fingerprint density at radius 3 is 2.68 bits per heavy atom. The maximum atomic E-state index is 13.2. The molecule has 0 radical (unpaired) electrons. The molecule has 0 unspecified atom stereocenters. The summed E-state index contributed by atoms with van der Waals surface area (Å²) >= 11 is 6.20. The number of benzene rings is 1. The molecular weight excluding hydrogens is 347 g/mol. The third-order valence-corrected chi connectivity index (χ3v) is 5.76. The average molecular weight is 355 g/mol. The fourth-order valence-electron chi connectivity index (χ4n) is 1.87. The highest BCUT2D eigenvalue weighted by molar-refractivity contribution is 9.10. The first-order valence-corrected chi connectivity index (χ1v) is 7.97. The molecule has 2 aromatic heterocycles. The summed E-state index contributed by atoms with van der Waals surface area (Å²) in [6.07, 6.45) is 0. The number of ketones is 1. The minimum atomic E-state index is -0.276. The number of halogens is 2. The molecule has 96 valence electrons.